The van der Waals surface area contributed by atoms with Crippen molar-refractivity contribution in [1.82, 2.24) is 15.2 Å². The normalized spacial score (nSPS) is 20.2. The molecule has 1 aromatic carbocycles. The molecule has 2 aromatic rings. The molecule has 1 N–H and O–H groups in total. The van der Waals surface area contributed by atoms with Gasteiger partial charge in [-0.15, -0.1) is 0 Å². The lowest BCUT2D eigenvalue weighted by Crippen LogP contribution is -2.52. The number of para-hydroxylation sites is 1. The molecule has 166 valence electrons. The third-order valence-electron chi connectivity index (χ3n) is 5.81. The van der Waals surface area contributed by atoms with E-state index in [4.69, 9.17) is 4.74 Å². The van der Waals surface area contributed by atoms with Gasteiger partial charge in [0.25, 0.3) is 0 Å². The Hall–Kier alpha value is -2.87. The molecule has 2 fully saturated rings. The topological polar surface area (TPSA) is 56.2 Å². The molecule has 2 aliphatic heterocycles. The van der Waals surface area contributed by atoms with Gasteiger partial charge in [0.05, 0.1) is 18.4 Å². The summed E-state index contributed by atoms with van der Waals surface area (Å²) in [5.41, 5.74) is 1.78. The maximum atomic E-state index is 14.1. The van der Waals surface area contributed by atoms with Crippen molar-refractivity contribution in [2.45, 2.75) is 19.6 Å². The van der Waals surface area contributed by atoms with Crippen molar-refractivity contribution in [1.29, 1.82) is 0 Å². The fraction of sp³-hybridized carbons (Fsp3) is 0.478. The zero-order valence-electron chi connectivity index (χ0n) is 18.3. The number of guanidine groups is 1. The van der Waals surface area contributed by atoms with Crippen LogP contribution in [0.3, 0.4) is 0 Å². The van der Waals surface area contributed by atoms with Gasteiger partial charge in [-0.3, -0.25) is 4.99 Å². The molecule has 1 unspecified atom stereocenters. The van der Waals surface area contributed by atoms with E-state index in [0.717, 1.165) is 63.2 Å². The first-order valence-electron chi connectivity index (χ1n) is 10.9. The van der Waals surface area contributed by atoms with E-state index < -0.39 is 0 Å². The highest BCUT2D eigenvalue weighted by Crippen LogP contribution is 2.20. The third-order valence-corrected chi connectivity index (χ3v) is 5.81. The van der Waals surface area contributed by atoms with E-state index in [0.29, 0.717) is 12.2 Å². The van der Waals surface area contributed by atoms with Gasteiger partial charge >= 0.3 is 0 Å². The van der Waals surface area contributed by atoms with Gasteiger partial charge in [0.2, 0.25) is 0 Å². The first-order chi connectivity index (χ1) is 15.1. The van der Waals surface area contributed by atoms with E-state index in [2.05, 4.69) is 49.0 Å². The Balaban J connectivity index is 1.28. The summed E-state index contributed by atoms with van der Waals surface area (Å²) in [4.78, 5) is 15.6. The number of anilines is 2. The predicted molar refractivity (Wildman–Crippen MR) is 122 cm³/mol. The van der Waals surface area contributed by atoms with Crippen molar-refractivity contribution in [2.75, 3.05) is 62.7 Å². The molecule has 0 bridgehead atoms. The summed E-state index contributed by atoms with van der Waals surface area (Å²) >= 11 is 0. The highest BCUT2D eigenvalue weighted by atomic mass is 19.1. The lowest BCUT2D eigenvalue weighted by Gasteiger charge is -2.37. The number of benzene rings is 1. The van der Waals surface area contributed by atoms with E-state index in [1.807, 2.05) is 18.3 Å². The first kappa shape index (κ1) is 21.4. The Morgan fingerprint density at radius 2 is 1.94 bits per heavy atom. The number of piperazine rings is 1. The summed E-state index contributed by atoms with van der Waals surface area (Å²) in [6.07, 6.45) is 2.16. The summed E-state index contributed by atoms with van der Waals surface area (Å²) in [6, 6.07) is 11.1. The smallest absolute Gasteiger partial charge is 0.194 e. The zero-order valence-corrected chi connectivity index (χ0v) is 18.3. The summed E-state index contributed by atoms with van der Waals surface area (Å²) in [5.74, 6) is 1.69. The van der Waals surface area contributed by atoms with Crippen LogP contribution in [0.25, 0.3) is 0 Å². The van der Waals surface area contributed by atoms with Crippen molar-refractivity contribution in [2.24, 2.45) is 4.99 Å². The van der Waals surface area contributed by atoms with Crippen molar-refractivity contribution in [3.8, 4) is 0 Å². The zero-order chi connectivity index (χ0) is 21.6. The Kier molecular flexibility index (Phi) is 6.86. The fourth-order valence-corrected chi connectivity index (χ4v) is 4.12. The highest BCUT2D eigenvalue weighted by molar-refractivity contribution is 5.80. The molecular formula is C23H31FN6O. The second-order valence-corrected chi connectivity index (χ2v) is 7.98. The minimum atomic E-state index is -0.166. The van der Waals surface area contributed by atoms with Crippen LogP contribution < -0.4 is 15.1 Å². The number of pyridine rings is 1. The van der Waals surface area contributed by atoms with Gasteiger partial charge in [-0.1, -0.05) is 18.2 Å². The Morgan fingerprint density at radius 3 is 2.61 bits per heavy atom. The van der Waals surface area contributed by atoms with Gasteiger partial charge in [0.15, 0.2) is 5.96 Å². The van der Waals surface area contributed by atoms with Crippen LogP contribution in [0, 0.1) is 5.82 Å². The second kappa shape index (κ2) is 9.96. The maximum Gasteiger partial charge on any atom is 0.194 e. The molecule has 0 saturated carbocycles. The average molecular weight is 427 g/mol. The molecule has 2 aliphatic rings. The molecule has 8 heteroatoms. The monoisotopic (exact) mass is 426 g/mol. The van der Waals surface area contributed by atoms with E-state index in [-0.39, 0.29) is 11.9 Å². The Bertz CT molecular complexity index is 882. The lowest BCUT2D eigenvalue weighted by atomic mass is 10.2. The minimum absolute atomic E-state index is 0.166. The molecule has 1 aromatic heterocycles. The van der Waals surface area contributed by atoms with Crippen molar-refractivity contribution in [3.63, 3.8) is 0 Å². The van der Waals surface area contributed by atoms with Crippen LogP contribution in [0.5, 0.6) is 0 Å². The van der Waals surface area contributed by atoms with Crippen LogP contribution in [0.4, 0.5) is 15.9 Å². The summed E-state index contributed by atoms with van der Waals surface area (Å²) in [6.45, 7) is 8.34. The molecule has 7 nitrogen and oxygen atoms in total. The molecule has 0 spiro atoms. The number of nitrogens with zero attached hydrogens (tertiary/aromatic N) is 5. The summed E-state index contributed by atoms with van der Waals surface area (Å²) in [7, 11) is 1.80. The van der Waals surface area contributed by atoms with Gasteiger partial charge in [-0.05, 0) is 30.7 Å². The van der Waals surface area contributed by atoms with Crippen LogP contribution >= 0.6 is 0 Å². The SMILES string of the molecule is CN=C(NCc1ccc(N2CCOC(C)C2)nc1)N1CCN(c2ccccc2F)CC1. The van der Waals surface area contributed by atoms with Crippen molar-refractivity contribution in [3.05, 3.63) is 54.0 Å². The van der Waals surface area contributed by atoms with Gasteiger partial charge < -0.3 is 24.8 Å². The van der Waals surface area contributed by atoms with E-state index in [1.165, 1.54) is 6.07 Å². The maximum absolute atomic E-state index is 14.1. The minimum Gasteiger partial charge on any atom is -0.375 e. The number of aliphatic imine (C=N–C) groups is 1. The van der Waals surface area contributed by atoms with Gasteiger partial charge in [-0.2, -0.15) is 0 Å². The molecule has 0 radical (unpaired) electrons. The Morgan fingerprint density at radius 1 is 1.13 bits per heavy atom. The molecule has 3 heterocycles. The number of morpholine rings is 1. The third kappa shape index (κ3) is 5.25. The molecule has 2 saturated heterocycles. The summed E-state index contributed by atoms with van der Waals surface area (Å²) in [5, 5.41) is 3.44. The van der Waals surface area contributed by atoms with E-state index in [1.54, 1.807) is 13.1 Å². The van der Waals surface area contributed by atoms with Crippen LogP contribution in [-0.2, 0) is 11.3 Å². The van der Waals surface area contributed by atoms with Crippen LogP contribution in [0.1, 0.15) is 12.5 Å². The van der Waals surface area contributed by atoms with Crippen LogP contribution in [0.15, 0.2) is 47.6 Å². The fourth-order valence-electron chi connectivity index (χ4n) is 4.12. The second-order valence-electron chi connectivity index (χ2n) is 7.98. The van der Waals surface area contributed by atoms with Gasteiger partial charge in [-0.25, -0.2) is 9.37 Å². The summed E-state index contributed by atoms with van der Waals surface area (Å²) < 4.78 is 19.7. The van der Waals surface area contributed by atoms with Gasteiger partial charge in [0.1, 0.15) is 11.6 Å². The number of rotatable bonds is 4. The van der Waals surface area contributed by atoms with Crippen LogP contribution in [0.2, 0.25) is 0 Å². The molecule has 1 atom stereocenters. The van der Waals surface area contributed by atoms with Crippen LogP contribution in [-0.4, -0.2) is 74.9 Å². The van der Waals surface area contributed by atoms with E-state index >= 15 is 0 Å². The molecule has 4 rings (SSSR count). The van der Waals surface area contributed by atoms with Crippen molar-refractivity contribution >= 4 is 17.5 Å². The molecule has 0 aliphatic carbocycles. The standard InChI is InChI=1S/C23H31FN6O/c1-18-17-30(13-14-31-18)22-8-7-19(15-26-22)16-27-23(25-2)29-11-9-28(10-12-29)21-6-4-3-5-20(21)24/h3-8,15,18H,9-14,16-17H2,1-2H3,(H,25,27). The largest absolute Gasteiger partial charge is 0.375 e. The highest BCUT2D eigenvalue weighted by Gasteiger charge is 2.21. The molecule has 31 heavy (non-hydrogen) atoms. The quantitative estimate of drug-likeness (QED) is 0.598. The van der Waals surface area contributed by atoms with E-state index in [9.17, 15) is 4.39 Å². The number of hydrogen-bond donors (Lipinski definition) is 1. The van der Waals surface area contributed by atoms with Gasteiger partial charge in [0, 0.05) is 59.1 Å². The number of aromatic nitrogens is 1. The van der Waals surface area contributed by atoms with Crippen molar-refractivity contribution < 1.29 is 9.13 Å². The first-order valence-corrected chi connectivity index (χ1v) is 10.9. The average Bonchev–Trinajstić information content (AvgIpc) is 2.81. The predicted octanol–water partition coefficient (Wildman–Crippen LogP) is 2.34. The number of nitrogens with one attached hydrogen (secondary N) is 1. The molecular weight excluding hydrogens is 395 g/mol. The Labute approximate surface area is 183 Å². The number of ether oxygens (including phenoxy) is 1. The lowest BCUT2D eigenvalue weighted by molar-refractivity contribution is 0.0529. The molecule has 0 amide bonds. The number of hydrogen-bond acceptors (Lipinski definition) is 5. The number of halogens is 1.